The fourth-order valence-corrected chi connectivity index (χ4v) is 3.54. The molecule has 0 bridgehead atoms. The van der Waals surface area contributed by atoms with Crippen molar-refractivity contribution in [1.82, 2.24) is 4.90 Å². The van der Waals surface area contributed by atoms with Gasteiger partial charge in [-0.15, -0.1) is 0 Å². The molecular weight excluding hydrogens is 425 g/mol. The van der Waals surface area contributed by atoms with Crippen molar-refractivity contribution >= 4 is 34.7 Å². The van der Waals surface area contributed by atoms with E-state index < -0.39 is 39.2 Å². The number of nitro benzene ring substituents is 1. The minimum Gasteiger partial charge on any atom is -0.449 e. The van der Waals surface area contributed by atoms with Gasteiger partial charge in [0, 0.05) is 18.2 Å². The highest BCUT2D eigenvalue weighted by atomic mass is 32.2. The predicted molar refractivity (Wildman–Crippen MR) is 103 cm³/mol. The molecule has 0 unspecified atom stereocenters. The van der Waals surface area contributed by atoms with E-state index >= 15 is 0 Å². The molecule has 2 amide bonds. The van der Waals surface area contributed by atoms with Crippen LogP contribution in [0.4, 0.5) is 23.7 Å². The van der Waals surface area contributed by atoms with Gasteiger partial charge < -0.3 is 4.74 Å². The maximum atomic E-state index is 12.9. The maximum absolute atomic E-state index is 12.9. The molecule has 1 heterocycles. The highest BCUT2D eigenvalue weighted by Crippen LogP contribution is 2.39. The molecule has 0 N–H and O–H groups in total. The Balaban J connectivity index is 1.98. The second kappa shape index (κ2) is 8.19. The third-order valence-corrected chi connectivity index (χ3v) is 5.01. The molecule has 0 saturated carbocycles. The zero-order chi connectivity index (χ0) is 22.1. The maximum Gasteiger partial charge on any atom is 0.416 e. The van der Waals surface area contributed by atoms with Gasteiger partial charge in [-0.3, -0.25) is 24.6 Å². The van der Waals surface area contributed by atoms with E-state index in [4.69, 9.17) is 4.74 Å². The molecule has 156 valence electrons. The Morgan fingerprint density at radius 2 is 1.87 bits per heavy atom. The second-order valence-corrected chi connectivity index (χ2v) is 7.00. The average molecular weight is 438 g/mol. The summed E-state index contributed by atoms with van der Waals surface area (Å²) in [5.74, 6) is -0.804. The van der Waals surface area contributed by atoms with Crippen LogP contribution in [-0.4, -0.2) is 27.5 Å². The van der Waals surface area contributed by atoms with Crippen LogP contribution in [0.25, 0.3) is 6.08 Å². The number of alkyl halides is 3. The summed E-state index contributed by atoms with van der Waals surface area (Å²) in [6.45, 7) is 1.86. The van der Waals surface area contributed by atoms with Crippen molar-refractivity contribution in [1.29, 1.82) is 0 Å². The van der Waals surface area contributed by atoms with Gasteiger partial charge in [0.2, 0.25) is 5.75 Å². The van der Waals surface area contributed by atoms with E-state index in [9.17, 15) is 32.9 Å². The van der Waals surface area contributed by atoms with Crippen LogP contribution < -0.4 is 4.74 Å². The largest absolute Gasteiger partial charge is 0.449 e. The fourth-order valence-electron chi connectivity index (χ4n) is 2.65. The third kappa shape index (κ3) is 4.30. The van der Waals surface area contributed by atoms with Crippen molar-refractivity contribution in [2.24, 2.45) is 0 Å². The number of thioether (sulfide) groups is 1. The number of likely N-dealkylation sites (N-methyl/N-ethyl adjacent to an activating group) is 1. The van der Waals surface area contributed by atoms with E-state index in [1.165, 1.54) is 12.1 Å². The van der Waals surface area contributed by atoms with Gasteiger partial charge in [0.25, 0.3) is 11.1 Å². The standard InChI is InChI=1S/C19H13F3N2O5S/c1-2-23-17(25)16(30-18(23)26)9-11-5-3-4-6-14(11)29-15-8-7-12(19(20,21)22)10-13(15)24(27)28/h3-10H,2H2,1H3/b16-9+. The molecule has 7 nitrogen and oxygen atoms in total. The number of carbonyl (C=O) groups is 2. The summed E-state index contributed by atoms with van der Waals surface area (Å²) in [5, 5.41) is 10.8. The van der Waals surface area contributed by atoms with Crippen LogP contribution >= 0.6 is 11.8 Å². The van der Waals surface area contributed by atoms with Gasteiger partial charge in [0.1, 0.15) is 5.75 Å². The Kier molecular flexibility index (Phi) is 5.83. The third-order valence-electron chi connectivity index (χ3n) is 4.10. The van der Waals surface area contributed by atoms with E-state index in [1.807, 2.05) is 0 Å². The van der Waals surface area contributed by atoms with E-state index in [0.717, 1.165) is 22.7 Å². The molecule has 2 aromatic carbocycles. The number of benzene rings is 2. The van der Waals surface area contributed by atoms with Crippen LogP contribution in [0.1, 0.15) is 18.1 Å². The van der Waals surface area contributed by atoms with Gasteiger partial charge in [-0.2, -0.15) is 13.2 Å². The molecule has 1 aliphatic rings. The molecular formula is C19H13F3N2O5S. The number of para-hydroxylation sites is 1. The smallest absolute Gasteiger partial charge is 0.416 e. The van der Waals surface area contributed by atoms with Crippen molar-refractivity contribution in [3.63, 3.8) is 0 Å². The number of halogens is 3. The molecule has 0 spiro atoms. The van der Waals surface area contributed by atoms with Gasteiger partial charge in [-0.25, -0.2) is 0 Å². The molecule has 3 rings (SSSR count). The van der Waals surface area contributed by atoms with Crippen LogP contribution in [0.3, 0.4) is 0 Å². The minimum absolute atomic E-state index is 0.0728. The highest BCUT2D eigenvalue weighted by Gasteiger charge is 2.35. The Labute approximate surface area is 172 Å². The van der Waals surface area contributed by atoms with E-state index in [-0.39, 0.29) is 17.2 Å². The average Bonchev–Trinajstić information content (AvgIpc) is 2.95. The van der Waals surface area contributed by atoms with Gasteiger partial charge in [-0.05, 0) is 43.0 Å². The molecule has 2 aromatic rings. The first kappa shape index (κ1) is 21.4. The fraction of sp³-hybridized carbons (Fsp3) is 0.158. The number of imide groups is 1. The molecule has 30 heavy (non-hydrogen) atoms. The zero-order valence-electron chi connectivity index (χ0n) is 15.3. The van der Waals surface area contributed by atoms with Gasteiger partial charge in [0.15, 0.2) is 0 Å². The molecule has 1 aliphatic heterocycles. The van der Waals surface area contributed by atoms with Gasteiger partial charge in [0.05, 0.1) is 15.4 Å². The SMILES string of the molecule is CCN1C(=O)S/C(=C/c2ccccc2Oc2ccc(C(F)(F)F)cc2[N+](=O)[O-])C1=O. The lowest BCUT2D eigenvalue weighted by molar-refractivity contribution is -0.385. The first-order chi connectivity index (χ1) is 14.1. The molecule has 1 saturated heterocycles. The normalized spacial score (nSPS) is 15.7. The molecule has 0 aromatic heterocycles. The summed E-state index contributed by atoms with van der Waals surface area (Å²) in [6, 6.07) is 8.09. The monoisotopic (exact) mass is 438 g/mol. The van der Waals surface area contributed by atoms with Gasteiger partial charge >= 0.3 is 11.9 Å². The van der Waals surface area contributed by atoms with Crippen molar-refractivity contribution in [2.45, 2.75) is 13.1 Å². The highest BCUT2D eigenvalue weighted by molar-refractivity contribution is 8.18. The Hall–Kier alpha value is -3.34. The van der Waals surface area contributed by atoms with Crippen molar-refractivity contribution < 1.29 is 32.4 Å². The summed E-state index contributed by atoms with van der Waals surface area (Å²) in [4.78, 5) is 35.6. The predicted octanol–water partition coefficient (Wildman–Crippen LogP) is 5.46. The number of amides is 2. The minimum atomic E-state index is -4.75. The number of nitro groups is 1. The van der Waals surface area contributed by atoms with Crippen LogP contribution in [0, 0.1) is 10.1 Å². The Morgan fingerprint density at radius 3 is 2.47 bits per heavy atom. The Bertz CT molecular complexity index is 1070. The lowest BCUT2D eigenvalue weighted by Gasteiger charge is -2.12. The lowest BCUT2D eigenvalue weighted by atomic mass is 10.1. The molecule has 0 aliphatic carbocycles. The number of carbonyl (C=O) groups excluding carboxylic acids is 2. The quantitative estimate of drug-likeness (QED) is 0.350. The van der Waals surface area contributed by atoms with Crippen LogP contribution in [0.5, 0.6) is 11.5 Å². The summed E-state index contributed by atoms with van der Waals surface area (Å²) >= 11 is 0.739. The number of ether oxygens (including phenoxy) is 1. The number of nitrogens with zero attached hydrogens (tertiary/aromatic N) is 2. The topological polar surface area (TPSA) is 89.8 Å². The molecule has 0 radical (unpaired) electrons. The molecule has 0 atom stereocenters. The summed E-state index contributed by atoms with van der Waals surface area (Å²) < 4.78 is 44.1. The summed E-state index contributed by atoms with van der Waals surface area (Å²) in [5.41, 5.74) is -1.71. The number of hydrogen-bond acceptors (Lipinski definition) is 6. The first-order valence-corrected chi connectivity index (χ1v) is 9.31. The van der Waals surface area contributed by atoms with Gasteiger partial charge in [-0.1, -0.05) is 18.2 Å². The van der Waals surface area contributed by atoms with Crippen molar-refractivity contribution in [3.8, 4) is 11.5 Å². The summed E-state index contributed by atoms with van der Waals surface area (Å²) in [6.07, 6.45) is -3.35. The zero-order valence-corrected chi connectivity index (χ0v) is 16.1. The van der Waals surface area contributed by atoms with Crippen LogP contribution in [0.15, 0.2) is 47.4 Å². The Morgan fingerprint density at radius 1 is 1.17 bits per heavy atom. The molecule has 1 fully saturated rings. The van der Waals surface area contributed by atoms with E-state index in [1.54, 1.807) is 25.1 Å². The molecule has 11 heteroatoms. The van der Waals surface area contributed by atoms with E-state index in [2.05, 4.69) is 0 Å². The second-order valence-electron chi connectivity index (χ2n) is 6.00. The summed E-state index contributed by atoms with van der Waals surface area (Å²) in [7, 11) is 0. The lowest BCUT2D eigenvalue weighted by Crippen LogP contribution is -2.27. The number of hydrogen-bond donors (Lipinski definition) is 0. The van der Waals surface area contributed by atoms with Crippen molar-refractivity contribution in [3.05, 3.63) is 68.6 Å². The number of rotatable bonds is 5. The van der Waals surface area contributed by atoms with Crippen LogP contribution in [-0.2, 0) is 11.0 Å². The van der Waals surface area contributed by atoms with E-state index in [0.29, 0.717) is 17.7 Å². The van der Waals surface area contributed by atoms with Crippen molar-refractivity contribution in [2.75, 3.05) is 6.54 Å². The van der Waals surface area contributed by atoms with Crippen LogP contribution in [0.2, 0.25) is 0 Å². The first-order valence-electron chi connectivity index (χ1n) is 8.49.